The average molecular weight is 335 g/mol. The van der Waals surface area contributed by atoms with Crippen molar-refractivity contribution in [3.63, 3.8) is 0 Å². The number of nitrogens with zero attached hydrogens (tertiary/aromatic N) is 1. The molecule has 0 radical (unpaired) electrons. The van der Waals surface area contributed by atoms with Crippen molar-refractivity contribution in [1.82, 2.24) is 4.90 Å². The Balaban J connectivity index is 1.38. The molecular weight excluding hydrogens is 310 g/mol. The van der Waals surface area contributed by atoms with Crippen LogP contribution in [0.1, 0.15) is 36.0 Å². The van der Waals surface area contributed by atoms with Gasteiger partial charge >= 0.3 is 0 Å². The van der Waals surface area contributed by atoms with Gasteiger partial charge in [0, 0.05) is 24.6 Å². The van der Waals surface area contributed by atoms with Crippen LogP contribution in [0.3, 0.4) is 0 Å². The number of ketones is 1. The molecule has 1 aliphatic heterocycles. The Morgan fingerprint density at radius 3 is 2.40 bits per heavy atom. The molecule has 0 N–H and O–H groups in total. The summed E-state index contributed by atoms with van der Waals surface area (Å²) in [6, 6.07) is 17.3. The van der Waals surface area contributed by atoms with Gasteiger partial charge in [0.1, 0.15) is 11.5 Å². The average Bonchev–Trinajstić information content (AvgIpc) is 3.47. The van der Waals surface area contributed by atoms with Crippen LogP contribution in [0.15, 0.2) is 54.6 Å². The van der Waals surface area contributed by atoms with Crippen molar-refractivity contribution in [2.24, 2.45) is 11.8 Å². The Hall–Kier alpha value is -2.13. The second-order valence-electron chi connectivity index (χ2n) is 7.35. The van der Waals surface area contributed by atoms with Crippen molar-refractivity contribution in [2.75, 3.05) is 19.6 Å². The zero-order valence-corrected chi connectivity index (χ0v) is 14.6. The quantitative estimate of drug-likeness (QED) is 0.711. The molecule has 130 valence electrons. The van der Waals surface area contributed by atoms with Crippen LogP contribution in [-0.4, -0.2) is 30.3 Å². The van der Waals surface area contributed by atoms with Crippen LogP contribution < -0.4 is 4.74 Å². The molecular formula is C22H25NO2. The smallest absolute Gasteiger partial charge is 0.167 e. The summed E-state index contributed by atoms with van der Waals surface area (Å²) in [6.07, 6.45) is 4.90. The topological polar surface area (TPSA) is 29.5 Å². The van der Waals surface area contributed by atoms with Gasteiger partial charge < -0.3 is 9.64 Å². The van der Waals surface area contributed by atoms with Crippen LogP contribution >= 0.6 is 0 Å². The van der Waals surface area contributed by atoms with E-state index in [2.05, 4.69) is 4.90 Å². The molecule has 1 atom stereocenters. The van der Waals surface area contributed by atoms with Gasteiger partial charge in [0.15, 0.2) is 5.78 Å². The summed E-state index contributed by atoms with van der Waals surface area (Å²) in [5.74, 6) is 2.90. The highest BCUT2D eigenvalue weighted by atomic mass is 16.5. The Kier molecular flexibility index (Phi) is 4.84. The van der Waals surface area contributed by atoms with E-state index in [0.717, 1.165) is 48.9 Å². The maximum Gasteiger partial charge on any atom is 0.167 e. The minimum atomic E-state index is 0.147. The molecule has 2 aromatic rings. The third-order valence-corrected chi connectivity index (χ3v) is 5.21. The Morgan fingerprint density at radius 2 is 1.68 bits per heavy atom. The first kappa shape index (κ1) is 16.3. The summed E-state index contributed by atoms with van der Waals surface area (Å²) < 4.78 is 5.81. The first-order valence-electron chi connectivity index (χ1n) is 9.37. The first-order valence-corrected chi connectivity index (χ1v) is 9.37. The number of carbonyl (C=O) groups excluding carboxylic acids is 1. The van der Waals surface area contributed by atoms with E-state index >= 15 is 0 Å². The normalized spacial score (nSPS) is 21.0. The van der Waals surface area contributed by atoms with Crippen LogP contribution in [0.25, 0.3) is 0 Å². The lowest BCUT2D eigenvalue weighted by atomic mass is 9.90. The highest BCUT2D eigenvalue weighted by Crippen LogP contribution is 2.32. The van der Waals surface area contributed by atoms with E-state index in [1.807, 2.05) is 54.6 Å². The molecule has 1 heterocycles. The third kappa shape index (κ3) is 4.29. The number of hydrogen-bond acceptors (Lipinski definition) is 3. The van der Waals surface area contributed by atoms with E-state index in [-0.39, 0.29) is 11.7 Å². The van der Waals surface area contributed by atoms with Gasteiger partial charge in [0.25, 0.3) is 0 Å². The molecule has 0 bridgehead atoms. The first-order chi connectivity index (χ1) is 12.3. The number of benzene rings is 2. The molecule has 1 saturated carbocycles. The van der Waals surface area contributed by atoms with Gasteiger partial charge in [0.05, 0.1) is 0 Å². The van der Waals surface area contributed by atoms with Crippen LogP contribution in [0, 0.1) is 11.8 Å². The van der Waals surface area contributed by atoms with E-state index in [1.165, 1.54) is 19.4 Å². The van der Waals surface area contributed by atoms with Gasteiger partial charge in [-0.2, -0.15) is 0 Å². The SMILES string of the molecule is O=C(c1ccc(Oc2ccccc2)cc1)[C@H]1CCCN(CC2CC2)C1. The summed E-state index contributed by atoms with van der Waals surface area (Å²) in [7, 11) is 0. The van der Waals surface area contributed by atoms with Gasteiger partial charge in [-0.3, -0.25) is 4.79 Å². The molecule has 3 nitrogen and oxygen atoms in total. The zero-order chi connectivity index (χ0) is 17.1. The molecule has 2 fully saturated rings. The predicted molar refractivity (Wildman–Crippen MR) is 99.2 cm³/mol. The molecule has 4 rings (SSSR count). The van der Waals surface area contributed by atoms with Crippen LogP contribution in [0.4, 0.5) is 0 Å². The van der Waals surface area contributed by atoms with Crippen molar-refractivity contribution in [3.05, 3.63) is 60.2 Å². The Labute approximate surface area is 149 Å². The van der Waals surface area contributed by atoms with E-state index < -0.39 is 0 Å². The van der Waals surface area contributed by atoms with E-state index in [9.17, 15) is 4.79 Å². The molecule has 25 heavy (non-hydrogen) atoms. The summed E-state index contributed by atoms with van der Waals surface area (Å²) >= 11 is 0. The lowest BCUT2D eigenvalue weighted by Gasteiger charge is -2.32. The fourth-order valence-corrected chi connectivity index (χ4v) is 3.65. The summed E-state index contributed by atoms with van der Waals surface area (Å²) in [4.78, 5) is 15.3. The molecule has 1 aliphatic carbocycles. The number of piperidine rings is 1. The number of carbonyl (C=O) groups is 1. The maximum atomic E-state index is 12.8. The Morgan fingerprint density at radius 1 is 0.960 bits per heavy atom. The highest BCUT2D eigenvalue weighted by molar-refractivity contribution is 5.98. The molecule has 0 spiro atoms. The van der Waals surface area contributed by atoms with Crippen LogP contribution in [0.5, 0.6) is 11.5 Å². The fraction of sp³-hybridized carbons (Fsp3) is 0.409. The summed E-state index contributed by atoms with van der Waals surface area (Å²) in [5.41, 5.74) is 0.804. The predicted octanol–water partition coefficient (Wildman–Crippen LogP) is 4.78. The number of hydrogen-bond donors (Lipinski definition) is 0. The highest BCUT2D eigenvalue weighted by Gasteiger charge is 2.30. The standard InChI is InChI=1S/C22H25NO2/c24-22(19-5-4-14-23(16-19)15-17-8-9-17)18-10-12-21(13-11-18)25-20-6-2-1-3-7-20/h1-3,6-7,10-13,17,19H,4-5,8-9,14-16H2/t19-/m0/s1. The Bertz CT molecular complexity index is 707. The molecule has 0 amide bonds. The molecule has 0 unspecified atom stereocenters. The van der Waals surface area contributed by atoms with Gasteiger partial charge in [-0.1, -0.05) is 18.2 Å². The minimum Gasteiger partial charge on any atom is -0.457 e. The van der Waals surface area contributed by atoms with Gasteiger partial charge in [-0.25, -0.2) is 0 Å². The molecule has 1 saturated heterocycles. The fourth-order valence-electron chi connectivity index (χ4n) is 3.65. The second-order valence-corrected chi connectivity index (χ2v) is 7.35. The summed E-state index contributed by atoms with van der Waals surface area (Å²) in [5, 5.41) is 0. The van der Waals surface area contributed by atoms with Crippen molar-refractivity contribution in [1.29, 1.82) is 0 Å². The monoisotopic (exact) mass is 335 g/mol. The lowest BCUT2D eigenvalue weighted by Crippen LogP contribution is -2.39. The summed E-state index contributed by atoms with van der Waals surface area (Å²) in [6.45, 7) is 3.27. The molecule has 2 aliphatic rings. The number of Topliss-reactive ketones (excluding diaryl/α,β-unsaturated/α-hetero) is 1. The lowest BCUT2D eigenvalue weighted by molar-refractivity contribution is 0.0814. The molecule has 0 aromatic heterocycles. The van der Waals surface area contributed by atoms with Gasteiger partial charge in [-0.15, -0.1) is 0 Å². The molecule has 3 heteroatoms. The van der Waals surface area contributed by atoms with Gasteiger partial charge in [0.2, 0.25) is 0 Å². The van der Waals surface area contributed by atoms with Gasteiger partial charge in [-0.05, 0) is 74.5 Å². The second kappa shape index (κ2) is 7.40. The van der Waals surface area contributed by atoms with E-state index in [0.29, 0.717) is 0 Å². The van der Waals surface area contributed by atoms with E-state index in [1.54, 1.807) is 0 Å². The van der Waals surface area contributed by atoms with Crippen molar-refractivity contribution in [3.8, 4) is 11.5 Å². The number of ether oxygens (including phenoxy) is 1. The zero-order valence-electron chi connectivity index (χ0n) is 14.6. The van der Waals surface area contributed by atoms with E-state index in [4.69, 9.17) is 4.74 Å². The third-order valence-electron chi connectivity index (χ3n) is 5.21. The minimum absolute atomic E-state index is 0.147. The number of likely N-dealkylation sites (tertiary alicyclic amines) is 1. The van der Waals surface area contributed by atoms with Crippen molar-refractivity contribution >= 4 is 5.78 Å². The van der Waals surface area contributed by atoms with Crippen LogP contribution in [-0.2, 0) is 0 Å². The number of rotatable bonds is 6. The maximum absolute atomic E-state index is 12.8. The van der Waals surface area contributed by atoms with Crippen molar-refractivity contribution in [2.45, 2.75) is 25.7 Å². The largest absolute Gasteiger partial charge is 0.457 e. The van der Waals surface area contributed by atoms with Crippen molar-refractivity contribution < 1.29 is 9.53 Å². The van der Waals surface area contributed by atoms with Crippen LogP contribution in [0.2, 0.25) is 0 Å². The number of para-hydroxylation sites is 1. The molecule has 2 aromatic carbocycles.